The zero-order chi connectivity index (χ0) is 30.8. The van der Waals surface area contributed by atoms with E-state index in [9.17, 15) is 0 Å². The molecule has 21 heteroatoms. The van der Waals surface area contributed by atoms with Gasteiger partial charge in [0.2, 0.25) is 0 Å². The van der Waals surface area contributed by atoms with Gasteiger partial charge in [0.25, 0.3) is 0 Å². The Kier molecular flexibility index (Phi) is 10.7. The monoisotopic (exact) mass is 726 g/mol. The summed E-state index contributed by atoms with van der Waals surface area (Å²) < 4.78 is 72.6. The van der Waals surface area contributed by atoms with E-state index < -0.39 is 86.1 Å². The molecule has 11 nitrogen and oxygen atoms in total. The van der Waals surface area contributed by atoms with Crippen molar-refractivity contribution in [3.8, 4) is 0 Å². The maximum atomic E-state index is 6.76. The van der Waals surface area contributed by atoms with Crippen LogP contribution in [0, 0.1) is 0 Å². The lowest BCUT2D eigenvalue weighted by molar-refractivity contribution is 0.160. The Labute approximate surface area is 248 Å². The quantitative estimate of drug-likeness (QED) is 0.304. The van der Waals surface area contributed by atoms with Crippen LogP contribution < -0.4 is 0 Å². The van der Waals surface area contributed by atoms with Crippen molar-refractivity contribution in [2.24, 2.45) is 0 Å². The molecule has 2 heterocycles. The first kappa shape index (κ1) is 36.9. The van der Waals surface area contributed by atoms with Crippen LogP contribution in [0.3, 0.4) is 0 Å². The normalized spacial score (nSPS) is 29.4. The van der Waals surface area contributed by atoms with Gasteiger partial charge >= 0.3 is 86.1 Å². The minimum atomic E-state index is -3.21. The molecule has 0 amide bonds. The van der Waals surface area contributed by atoms with Gasteiger partial charge in [0.1, 0.15) is 0 Å². The molecular weight excluding hydrogens is 673 g/mol. The van der Waals surface area contributed by atoms with E-state index in [0.29, 0.717) is 0 Å². The largest absolute Gasteiger partial charge is 0.470 e. The maximum absolute atomic E-state index is 6.76. The summed E-state index contributed by atoms with van der Waals surface area (Å²) in [5.41, 5.74) is 0. The van der Waals surface area contributed by atoms with Gasteiger partial charge in [-0.25, -0.2) is 0 Å². The van der Waals surface area contributed by atoms with Gasteiger partial charge in [0, 0.05) is 13.1 Å². The highest BCUT2D eigenvalue weighted by Gasteiger charge is 2.59. The van der Waals surface area contributed by atoms with Crippen LogP contribution in [0.2, 0.25) is 118 Å². The zero-order valence-electron chi connectivity index (χ0n) is 27.5. The van der Waals surface area contributed by atoms with Crippen LogP contribution in [0.5, 0.6) is 0 Å². The highest BCUT2D eigenvalue weighted by Crippen LogP contribution is 2.36. The van der Waals surface area contributed by atoms with Crippen LogP contribution >= 0.6 is 0 Å². The van der Waals surface area contributed by atoms with Crippen molar-refractivity contribution >= 4 is 86.1 Å². The first-order valence-corrected chi connectivity index (χ1v) is 40.5. The van der Waals surface area contributed by atoms with Gasteiger partial charge in [-0.2, -0.15) is 0 Å². The van der Waals surface area contributed by atoms with Crippen LogP contribution in [0.4, 0.5) is 0 Å². The fraction of sp³-hybridized carbons (Fsp3) is 1.00. The fourth-order valence-corrected chi connectivity index (χ4v) is 58.6. The number of hydrogen-bond acceptors (Lipinski definition) is 11. The highest BCUT2D eigenvalue weighted by molar-refractivity contribution is 6.96. The minimum absolute atomic E-state index is 1.93. The third kappa shape index (κ3) is 12.3. The van der Waals surface area contributed by atoms with Crippen molar-refractivity contribution < 1.29 is 45.3 Å². The predicted octanol–water partition coefficient (Wildman–Crippen LogP) is 5.95. The Morgan fingerprint density at radius 2 is 0.513 bits per heavy atom. The van der Waals surface area contributed by atoms with E-state index >= 15 is 0 Å². The summed E-state index contributed by atoms with van der Waals surface area (Å²) in [5.74, 6) is 0. The maximum Gasteiger partial charge on any atom is 0.470 e. The van der Waals surface area contributed by atoms with E-state index in [2.05, 4.69) is 0 Å². The Balaban J connectivity index is 2.28. The Hall–Kier alpha value is 1.73. The Morgan fingerprint density at radius 1 is 0.333 bits per heavy atom. The molecular formula is C18H54O11Si10. The van der Waals surface area contributed by atoms with E-state index in [4.69, 9.17) is 45.3 Å². The lowest BCUT2D eigenvalue weighted by Gasteiger charge is -2.49. The molecule has 0 aromatic carbocycles. The molecule has 0 saturated carbocycles. The van der Waals surface area contributed by atoms with Crippen LogP contribution in [-0.4, -0.2) is 86.1 Å². The molecule has 0 aromatic heterocycles. The summed E-state index contributed by atoms with van der Waals surface area (Å²) in [6.45, 7) is 36.1. The van der Waals surface area contributed by atoms with Crippen molar-refractivity contribution in [1.82, 2.24) is 0 Å². The molecule has 2 aliphatic rings. The molecule has 0 unspecified atom stereocenters. The molecule has 0 N–H and O–H groups in total. The Bertz CT molecular complexity index is 783. The lowest BCUT2D eigenvalue weighted by Crippen LogP contribution is -2.70. The second-order valence-corrected chi connectivity index (χ2v) is 48.9. The summed E-state index contributed by atoms with van der Waals surface area (Å²) in [4.78, 5) is 0. The van der Waals surface area contributed by atoms with Gasteiger partial charge in [-0.05, 0) is 105 Å². The molecule has 39 heavy (non-hydrogen) atoms. The van der Waals surface area contributed by atoms with Crippen LogP contribution in [0.1, 0.15) is 0 Å². The molecule has 2 rings (SSSR count). The van der Waals surface area contributed by atoms with Crippen molar-refractivity contribution in [1.29, 1.82) is 0 Å². The average Bonchev–Trinajstić information content (AvgIpc) is 2.38. The highest BCUT2D eigenvalue weighted by atomic mass is 28.6. The second kappa shape index (κ2) is 11.3. The number of rotatable bonds is 6. The molecule has 0 atom stereocenters. The van der Waals surface area contributed by atoms with E-state index in [1.54, 1.807) is 0 Å². The van der Waals surface area contributed by atoms with E-state index in [1.807, 2.05) is 118 Å². The Morgan fingerprint density at radius 3 is 0.718 bits per heavy atom. The first-order chi connectivity index (χ1) is 16.8. The molecule has 2 fully saturated rings. The van der Waals surface area contributed by atoms with Crippen LogP contribution in [-0.2, 0) is 45.3 Å². The standard InChI is InChI=1S/C18H54O11Si10/c1-30(2)19-32(5,6)24-38(17,25-33(7,8)20-30)28-36(13,14)23-37(15,16)29-39(18)26-34(9,10)21-31(3,4)22-35(11,12)27-39/h1-18H3. The molecule has 0 radical (unpaired) electrons. The number of hydrogen-bond donors (Lipinski definition) is 0. The van der Waals surface area contributed by atoms with Gasteiger partial charge in [0.05, 0.1) is 0 Å². The second-order valence-electron chi connectivity index (χ2n) is 14.0. The van der Waals surface area contributed by atoms with Crippen LogP contribution in [0.25, 0.3) is 0 Å². The molecule has 0 aliphatic carbocycles. The summed E-state index contributed by atoms with van der Waals surface area (Å²) in [6, 6.07) is 0. The summed E-state index contributed by atoms with van der Waals surface area (Å²) in [5, 5.41) is 0. The van der Waals surface area contributed by atoms with Gasteiger partial charge in [-0.3, -0.25) is 0 Å². The molecule has 0 spiro atoms. The van der Waals surface area contributed by atoms with Gasteiger partial charge in [0.15, 0.2) is 0 Å². The van der Waals surface area contributed by atoms with E-state index in [0.717, 1.165) is 0 Å². The molecule has 0 bridgehead atoms. The third-order valence-corrected chi connectivity index (χ3v) is 45.4. The van der Waals surface area contributed by atoms with Crippen molar-refractivity contribution in [2.75, 3.05) is 0 Å². The molecule has 232 valence electrons. The van der Waals surface area contributed by atoms with Gasteiger partial charge in [-0.15, -0.1) is 0 Å². The summed E-state index contributed by atoms with van der Waals surface area (Å²) >= 11 is 0. The lowest BCUT2D eigenvalue weighted by atomic mass is 11.9. The topological polar surface area (TPSA) is 102 Å². The SMILES string of the molecule is C[Si]1(C)O[Si](C)(C)O[Si](C)(O[Si](C)(C)O[Si](C)(C)O[Si]2(C)O[Si](C)(C)O[Si](C)(C)O[Si](C)(C)O2)O[Si](C)(C)O1. The van der Waals surface area contributed by atoms with E-state index in [-0.39, 0.29) is 0 Å². The van der Waals surface area contributed by atoms with Crippen molar-refractivity contribution in [3.63, 3.8) is 0 Å². The van der Waals surface area contributed by atoms with E-state index in [1.165, 1.54) is 0 Å². The summed E-state index contributed by atoms with van der Waals surface area (Å²) in [6.07, 6.45) is 0. The smallest absolute Gasteiger partial charge is 0.416 e. The first-order valence-electron chi connectivity index (χ1n) is 13.5. The molecule has 2 aliphatic heterocycles. The molecule has 0 aromatic rings. The van der Waals surface area contributed by atoms with Crippen molar-refractivity contribution in [3.05, 3.63) is 0 Å². The zero-order valence-corrected chi connectivity index (χ0v) is 37.5. The summed E-state index contributed by atoms with van der Waals surface area (Å²) in [7, 11) is -27.3. The van der Waals surface area contributed by atoms with Crippen molar-refractivity contribution in [2.45, 2.75) is 118 Å². The fourth-order valence-electron chi connectivity index (χ4n) is 5.93. The van der Waals surface area contributed by atoms with Gasteiger partial charge < -0.3 is 45.3 Å². The molecule has 2 saturated heterocycles. The minimum Gasteiger partial charge on any atom is -0.416 e. The predicted molar refractivity (Wildman–Crippen MR) is 175 cm³/mol. The average molecular weight is 727 g/mol. The van der Waals surface area contributed by atoms with Gasteiger partial charge in [-0.1, -0.05) is 0 Å². The third-order valence-electron chi connectivity index (χ3n) is 5.05. The van der Waals surface area contributed by atoms with Crippen LogP contribution in [0.15, 0.2) is 0 Å².